The van der Waals surface area contributed by atoms with Crippen LogP contribution >= 0.6 is 47.4 Å². The van der Waals surface area contributed by atoms with E-state index in [-0.39, 0.29) is 24.4 Å². The van der Waals surface area contributed by atoms with Gasteiger partial charge in [-0.25, -0.2) is 0 Å². The van der Waals surface area contributed by atoms with Crippen LogP contribution in [0.25, 0.3) is 0 Å². The number of carbonyl (C=O) groups is 1. The first-order valence-corrected chi connectivity index (χ1v) is 8.10. The normalized spacial score (nSPS) is 13.2. The van der Waals surface area contributed by atoms with Crippen LogP contribution in [0.4, 0.5) is 0 Å². The molecule has 0 aliphatic carbocycles. The lowest BCUT2D eigenvalue weighted by Gasteiger charge is -2.18. The lowest BCUT2D eigenvalue weighted by atomic mass is 10.1. The molecule has 1 aromatic rings. The van der Waals surface area contributed by atoms with Gasteiger partial charge in [0.2, 0.25) is 5.91 Å². The number of amides is 1. The Morgan fingerprint density at radius 2 is 2.10 bits per heavy atom. The van der Waals surface area contributed by atoms with E-state index in [0.717, 1.165) is 11.3 Å². The van der Waals surface area contributed by atoms with Gasteiger partial charge in [-0.3, -0.25) is 4.79 Å². The van der Waals surface area contributed by atoms with E-state index in [9.17, 15) is 4.79 Å². The van der Waals surface area contributed by atoms with Crippen LogP contribution in [0, 0.1) is 0 Å². The minimum absolute atomic E-state index is 0. The van der Waals surface area contributed by atoms with Gasteiger partial charge < -0.3 is 11.1 Å². The van der Waals surface area contributed by atoms with Gasteiger partial charge in [-0.15, -0.1) is 12.4 Å². The zero-order valence-electron chi connectivity index (χ0n) is 11.4. The second-order valence-electron chi connectivity index (χ2n) is 4.28. The van der Waals surface area contributed by atoms with E-state index in [2.05, 4.69) is 5.32 Å². The van der Waals surface area contributed by atoms with Gasteiger partial charge in [0.05, 0.1) is 12.1 Å². The van der Waals surface area contributed by atoms with Gasteiger partial charge in [0.15, 0.2) is 0 Å². The topological polar surface area (TPSA) is 55.1 Å². The fourth-order valence-electron chi connectivity index (χ4n) is 1.63. The molecule has 1 aromatic carbocycles. The van der Waals surface area contributed by atoms with E-state index in [1.54, 1.807) is 23.9 Å². The molecular formula is C13H19Cl3N2OS. The number of halogens is 3. The molecular weight excluding hydrogens is 339 g/mol. The molecule has 0 saturated heterocycles. The van der Waals surface area contributed by atoms with E-state index in [4.69, 9.17) is 28.9 Å². The van der Waals surface area contributed by atoms with Crippen molar-refractivity contribution < 1.29 is 4.79 Å². The number of carbonyl (C=O) groups excluding carboxylic acids is 1. The van der Waals surface area contributed by atoms with Crippen molar-refractivity contribution in [2.24, 2.45) is 5.73 Å². The highest BCUT2D eigenvalue weighted by atomic mass is 35.5. The standard InChI is InChI=1S/C13H18Cl2N2OS.ClH/c1-8(10-4-3-9(14)7-11(10)15)17-13(18)12(16)5-6-19-2;/h3-4,7-8,12H,5-6,16H2,1-2H3,(H,17,18);1H/t8?,12-;/m0./s1. The molecule has 20 heavy (non-hydrogen) atoms. The van der Waals surface area contributed by atoms with E-state index in [1.807, 2.05) is 19.2 Å². The van der Waals surface area contributed by atoms with Crippen LogP contribution in [-0.4, -0.2) is 24.0 Å². The first-order chi connectivity index (χ1) is 8.95. The molecule has 0 aliphatic rings. The summed E-state index contributed by atoms with van der Waals surface area (Å²) in [7, 11) is 0. The van der Waals surface area contributed by atoms with Gasteiger partial charge in [0.25, 0.3) is 0 Å². The molecule has 0 saturated carbocycles. The molecule has 114 valence electrons. The van der Waals surface area contributed by atoms with Gasteiger partial charge in [0, 0.05) is 10.0 Å². The highest BCUT2D eigenvalue weighted by Crippen LogP contribution is 2.26. The molecule has 1 unspecified atom stereocenters. The summed E-state index contributed by atoms with van der Waals surface area (Å²) in [6.45, 7) is 1.87. The Morgan fingerprint density at radius 1 is 1.45 bits per heavy atom. The fourth-order valence-corrected chi connectivity index (χ4v) is 2.69. The molecule has 0 fully saturated rings. The van der Waals surface area contributed by atoms with Crippen LogP contribution in [-0.2, 0) is 4.79 Å². The molecule has 1 amide bonds. The number of hydrogen-bond donors (Lipinski definition) is 2. The Balaban J connectivity index is 0.00000361. The fraction of sp³-hybridized carbons (Fsp3) is 0.462. The molecule has 1 rings (SSSR count). The molecule has 0 aromatic heterocycles. The Bertz CT molecular complexity index is 446. The summed E-state index contributed by atoms with van der Waals surface area (Å²) in [4.78, 5) is 11.9. The third-order valence-electron chi connectivity index (χ3n) is 2.76. The lowest BCUT2D eigenvalue weighted by molar-refractivity contribution is -0.123. The predicted octanol–water partition coefficient (Wildman–Crippen LogP) is 3.67. The van der Waals surface area contributed by atoms with Crippen molar-refractivity contribution in [3.63, 3.8) is 0 Å². The number of benzene rings is 1. The van der Waals surface area contributed by atoms with Gasteiger partial charge in [-0.05, 0) is 43.0 Å². The van der Waals surface area contributed by atoms with Crippen molar-refractivity contribution >= 4 is 53.3 Å². The van der Waals surface area contributed by atoms with E-state index >= 15 is 0 Å². The Hall–Kier alpha value is -0.130. The summed E-state index contributed by atoms with van der Waals surface area (Å²) in [5, 5.41) is 3.98. The minimum atomic E-state index is -0.485. The lowest BCUT2D eigenvalue weighted by Crippen LogP contribution is -2.42. The Kier molecular flexibility index (Phi) is 9.68. The van der Waals surface area contributed by atoms with Crippen molar-refractivity contribution in [3.8, 4) is 0 Å². The monoisotopic (exact) mass is 356 g/mol. The number of rotatable bonds is 6. The highest BCUT2D eigenvalue weighted by molar-refractivity contribution is 7.98. The third kappa shape index (κ3) is 6.10. The minimum Gasteiger partial charge on any atom is -0.348 e. The second kappa shape index (κ2) is 9.74. The smallest absolute Gasteiger partial charge is 0.237 e. The molecule has 0 heterocycles. The van der Waals surface area contributed by atoms with Crippen LogP contribution in [0.15, 0.2) is 18.2 Å². The van der Waals surface area contributed by atoms with Gasteiger partial charge in [0.1, 0.15) is 0 Å². The summed E-state index contributed by atoms with van der Waals surface area (Å²) >= 11 is 13.6. The average molecular weight is 358 g/mol. The van der Waals surface area contributed by atoms with Gasteiger partial charge in [-0.1, -0.05) is 29.3 Å². The molecule has 2 atom stereocenters. The molecule has 3 nitrogen and oxygen atoms in total. The number of nitrogens with two attached hydrogens (primary N) is 1. The van der Waals surface area contributed by atoms with E-state index in [1.165, 1.54) is 0 Å². The van der Waals surface area contributed by atoms with Crippen molar-refractivity contribution in [1.82, 2.24) is 5.32 Å². The quantitative estimate of drug-likeness (QED) is 0.816. The predicted molar refractivity (Wildman–Crippen MR) is 91.2 cm³/mol. The second-order valence-corrected chi connectivity index (χ2v) is 6.11. The first-order valence-electron chi connectivity index (χ1n) is 5.95. The van der Waals surface area contributed by atoms with Crippen LogP contribution in [0.1, 0.15) is 24.9 Å². The molecule has 0 aliphatic heterocycles. The summed E-state index contributed by atoms with van der Waals surface area (Å²) in [6, 6.07) is 4.54. The van der Waals surface area contributed by atoms with Gasteiger partial charge in [-0.2, -0.15) is 11.8 Å². The third-order valence-corrected chi connectivity index (χ3v) is 3.96. The maximum absolute atomic E-state index is 11.9. The van der Waals surface area contributed by atoms with Crippen LogP contribution in [0.2, 0.25) is 10.0 Å². The molecule has 0 bridgehead atoms. The summed E-state index contributed by atoms with van der Waals surface area (Å²) in [5.41, 5.74) is 6.64. The highest BCUT2D eigenvalue weighted by Gasteiger charge is 2.17. The zero-order valence-corrected chi connectivity index (χ0v) is 14.5. The largest absolute Gasteiger partial charge is 0.348 e. The van der Waals surface area contributed by atoms with Crippen molar-refractivity contribution in [3.05, 3.63) is 33.8 Å². The SMILES string of the molecule is CSCC[C@H](N)C(=O)NC(C)c1ccc(Cl)cc1Cl.Cl. The van der Waals surface area contributed by atoms with Crippen LogP contribution in [0.5, 0.6) is 0 Å². The van der Waals surface area contributed by atoms with Crippen LogP contribution in [0.3, 0.4) is 0 Å². The molecule has 0 radical (unpaired) electrons. The summed E-state index contributed by atoms with van der Waals surface area (Å²) in [5.74, 6) is 0.706. The number of thioether (sulfide) groups is 1. The molecule has 0 spiro atoms. The number of hydrogen-bond acceptors (Lipinski definition) is 3. The maximum atomic E-state index is 11.9. The van der Waals surface area contributed by atoms with Crippen molar-refractivity contribution in [2.75, 3.05) is 12.0 Å². The molecule has 7 heteroatoms. The average Bonchev–Trinajstić information content (AvgIpc) is 2.35. The summed E-state index contributed by atoms with van der Waals surface area (Å²) < 4.78 is 0. The first kappa shape index (κ1) is 19.9. The Labute approximate surface area is 140 Å². The zero-order chi connectivity index (χ0) is 14.4. The molecule has 3 N–H and O–H groups in total. The van der Waals surface area contributed by atoms with Gasteiger partial charge >= 0.3 is 0 Å². The van der Waals surface area contributed by atoms with Crippen LogP contribution < -0.4 is 11.1 Å². The number of nitrogens with one attached hydrogen (secondary N) is 1. The van der Waals surface area contributed by atoms with Crippen molar-refractivity contribution in [2.45, 2.75) is 25.4 Å². The van der Waals surface area contributed by atoms with E-state index < -0.39 is 6.04 Å². The van der Waals surface area contributed by atoms with Crippen molar-refractivity contribution in [1.29, 1.82) is 0 Å². The van der Waals surface area contributed by atoms with E-state index in [0.29, 0.717) is 16.5 Å². The maximum Gasteiger partial charge on any atom is 0.237 e. The summed E-state index contributed by atoms with van der Waals surface area (Å²) in [6.07, 6.45) is 2.65. The Morgan fingerprint density at radius 3 is 2.65 bits per heavy atom.